The molecule has 23 heavy (non-hydrogen) atoms. The van der Waals surface area contributed by atoms with Crippen molar-refractivity contribution < 1.29 is 17.5 Å². The van der Waals surface area contributed by atoms with Crippen LogP contribution < -0.4 is 0 Å². The Morgan fingerprint density at radius 2 is 1.96 bits per heavy atom. The number of benzene rings is 2. The lowest BCUT2D eigenvalue weighted by Gasteiger charge is -2.18. The summed E-state index contributed by atoms with van der Waals surface area (Å²) in [6, 6.07) is 7.12. The van der Waals surface area contributed by atoms with E-state index in [4.69, 9.17) is 0 Å². The quantitative estimate of drug-likeness (QED) is 0.644. The smallest absolute Gasteiger partial charge is 0.282 e. The van der Waals surface area contributed by atoms with Crippen LogP contribution in [0, 0.1) is 0 Å². The van der Waals surface area contributed by atoms with E-state index in [0.717, 1.165) is 30.3 Å². The van der Waals surface area contributed by atoms with Crippen LogP contribution in [0.25, 0.3) is 10.8 Å². The summed E-state index contributed by atoms with van der Waals surface area (Å²) in [6.45, 7) is 7.53. The monoisotopic (exact) mass is 330 g/mol. The Hall–Kier alpha value is -1.72. The summed E-state index contributed by atoms with van der Waals surface area (Å²) in [5.41, 5.74) is 4.79. The summed E-state index contributed by atoms with van der Waals surface area (Å²) in [5, 5.41) is 1.57. The van der Waals surface area contributed by atoms with Crippen molar-refractivity contribution in [2.24, 2.45) is 0 Å². The van der Waals surface area contributed by atoms with Gasteiger partial charge in [0.05, 0.1) is 5.41 Å². The van der Waals surface area contributed by atoms with Crippen molar-refractivity contribution in [3.63, 3.8) is 0 Å². The van der Waals surface area contributed by atoms with Gasteiger partial charge in [-0.1, -0.05) is 12.1 Å². The first-order chi connectivity index (χ1) is 10.7. The molecule has 2 aliphatic rings. The van der Waals surface area contributed by atoms with Gasteiger partial charge in [0.15, 0.2) is 5.71 Å². The van der Waals surface area contributed by atoms with Crippen LogP contribution in [-0.4, -0.2) is 29.8 Å². The van der Waals surface area contributed by atoms with Gasteiger partial charge in [0.2, 0.25) is 5.69 Å². The first-order valence-corrected chi connectivity index (χ1v) is 9.35. The largest absolute Gasteiger partial charge is 0.295 e. The van der Waals surface area contributed by atoms with Gasteiger partial charge >= 0.3 is 0 Å². The topological polar surface area (TPSA) is 57.4 Å². The van der Waals surface area contributed by atoms with Crippen LogP contribution in [0.15, 0.2) is 29.2 Å². The van der Waals surface area contributed by atoms with Crippen molar-refractivity contribution in [3.05, 3.63) is 35.4 Å². The van der Waals surface area contributed by atoms with Gasteiger partial charge in [-0.25, -0.2) is 0 Å². The molecule has 0 atom stereocenters. The SMILES string of the molecule is CC1=[N+]2CCCc3c2c(cc2c(S(=O)(=O)O)cccc32)C1(C)C. The Bertz CT molecular complexity index is 1000. The predicted molar refractivity (Wildman–Crippen MR) is 90.6 cm³/mol. The van der Waals surface area contributed by atoms with E-state index < -0.39 is 10.1 Å². The van der Waals surface area contributed by atoms with E-state index in [0.29, 0.717) is 5.39 Å². The summed E-state index contributed by atoms with van der Waals surface area (Å²) in [6.07, 6.45) is 1.99. The fourth-order valence-corrected chi connectivity index (χ4v) is 4.81. The van der Waals surface area contributed by atoms with Gasteiger partial charge in [-0.05, 0) is 37.8 Å². The summed E-state index contributed by atoms with van der Waals surface area (Å²) < 4.78 is 35.6. The fraction of sp³-hybridized carbons (Fsp3) is 0.389. The van der Waals surface area contributed by atoms with Crippen LogP contribution in [0.5, 0.6) is 0 Å². The normalized spacial score (nSPS) is 19.3. The molecule has 0 amide bonds. The molecule has 0 bridgehead atoms. The Labute approximate surface area is 136 Å². The molecule has 0 saturated heterocycles. The Balaban J connectivity index is 2.21. The summed E-state index contributed by atoms with van der Waals surface area (Å²) in [5.74, 6) is 0. The molecule has 0 unspecified atom stereocenters. The van der Waals surface area contributed by atoms with E-state index in [2.05, 4.69) is 25.3 Å². The Morgan fingerprint density at radius 3 is 2.65 bits per heavy atom. The molecule has 1 N–H and O–H groups in total. The average Bonchev–Trinajstić information content (AvgIpc) is 2.69. The van der Waals surface area contributed by atoms with E-state index in [9.17, 15) is 13.0 Å². The van der Waals surface area contributed by atoms with Gasteiger partial charge in [0, 0.05) is 29.9 Å². The van der Waals surface area contributed by atoms with Gasteiger partial charge in [-0.3, -0.25) is 4.55 Å². The van der Waals surface area contributed by atoms with Crippen LogP contribution in [-0.2, 0) is 22.0 Å². The van der Waals surface area contributed by atoms with Gasteiger partial charge in [0.25, 0.3) is 10.1 Å². The molecule has 2 aromatic rings. The van der Waals surface area contributed by atoms with Crippen LogP contribution in [0.2, 0.25) is 0 Å². The average molecular weight is 330 g/mol. The highest BCUT2D eigenvalue weighted by molar-refractivity contribution is 7.86. The number of hydrogen-bond acceptors (Lipinski definition) is 2. The Morgan fingerprint density at radius 1 is 1.22 bits per heavy atom. The second kappa shape index (κ2) is 4.42. The van der Waals surface area contributed by atoms with Crippen molar-refractivity contribution in [3.8, 4) is 0 Å². The minimum absolute atomic E-state index is 0.00604. The molecule has 2 heterocycles. The zero-order chi connectivity index (χ0) is 16.6. The molecule has 2 aliphatic heterocycles. The molecular weight excluding hydrogens is 310 g/mol. The van der Waals surface area contributed by atoms with Crippen molar-refractivity contribution >= 4 is 32.3 Å². The number of hydrogen-bond donors (Lipinski definition) is 1. The molecule has 0 saturated carbocycles. The highest BCUT2D eigenvalue weighted by atomic mass is 32.2. The van der Waals surface area contributed by atoms with Gasteiger partial charge < -0.3 is 0 Å². The van der Waals surface area contributed by atoms with Crippen molar-refractivity contribution in [2.75, 3.05) is 6.54 Å². The predicted octanol–water partition coefficient (Wildman–Crippen LogP) is 3.43. The highest BCUT2D eigenvalue weighted by Crippen LogP contribution is 2.47. The standard InChI is InChI=1S/C18H19NO3S/c1-11-18(2,3)15-10-14-12(6-4-8-16(14)23(20,21)22)13-7-5-9-19(11)17(13)15/h4,6,8,10H,5,7,9H2,1-3H3/p+1. The van der Waals surface area contributed by atoms with E-state index >= 15 is 0 Å². The van der Waals surface area contributed by atoms with E-state index in [-0.39, 0.29) is 10.3 Å². The van der Waals surface area contributed by atoms with Gasteiger partial charge in [0.1, 0.15) is 11.4 Å². The fourth-order valence-electron chi connectivity index (χ4n) is 4.12. The van der Waals surface area contributed by atoms with Gasteiger partial charge in [-0.2, -0.15) is 13.0 Å². The maximum absolute atomic E-state index is 11.8. The first kappa shape index (κ1) is 14.8. The van der Waals surface area contributed by atoms with Crippen molar-refractivity contribution in [2.45, 2.75) is 43.9 Å². The molecule has 0 fully saturated rings. The van der Waals surface area contributed by atoms with Crippen LogP contribution in [0.3, 0.4) is 0 Å². The molecule has 0 radical (unpaired) electrons. The third kappa shape index (κ3) is 1.86. The zero-order valence-corrected chi connectivity index (χ0v) is 14.4. The lowest BCUT2D eigenvalue weighted by atomic mass is 9.80. The molecular formula is C18H20NO3S+. The van der Waals surface area contributed by atoms with E-state index in [1.54, 1.807) is 6.07 Å². The summed E-state index contributed by atoms with van der Waals surface area (Å²) in [7, 11) is -4.24. The van der Waals surface area contributed by atoms with Crippen molar-refractivity contribution in [1.82, 2.24) is 0 Å². The second-order valence-corrected chi connectivity index (χ2v) is 8.43. The third-order valence-electron chi connectivity index (χ3n) is 5.56. The number of rotatable bonds is 1. The summed E-state index contributed by atoms with van der Waals surface area (Å²) in [4.78, 5) is 0.00604. The number of nitrogens with zero attached hydrogens (tertiary/aromatic N) is 1. The number of aryl methyl sites for hydroxylation is 1. The van der Waals surface area contributed by atoms with Gasteiger partial charge in [-0.15, -0.1) is 0 Å². The van der Waals surface area contributed by atoms with E-state index in [1.807, 2.05) is 12.1 Å². The zero-order valence-electron chi connectivity index (χ0n) is 13.5. The molecule has 0 aliphatic carbocycles. The summed E-state index contributed by atoms with van der Waals surface area (Å²) >= 11 is 0. The molecule has 4 nitrogen and oxygen atoms in total. The molecule has 0 aromatic heterocycles. The molecule has 5 heteroatoms. The minimum Gasteiger partial charge on any atom is -0.282 e. The van der Waals surface area contributed by atoms with Crippen molar-refractivity contribution in [1.29, 1.82) is 0 Å². The maximum atomic E-state index is 11.8. The first-order valence-electron chi connectivity index (χ1n) is 7.91. The maximum Gasteiger partial charge on any atom is 0.295 e. The third-order valence-corrected chi connectivity index (χ3v) is 6.47. The van der Waals surface area contributed by atoms with Crippen LogP contribution >= 0.6 is 0 Å². The minimum atomic E-state index is -4.24. The van der Waals surface area contributed by atoms with E-state index in [1.165, 1.54) is 23.0 Å². The van der Waals surface area contributed by atoms with Crippen LogP contribution in [0.1, 0.15) is 38.3 Å². The molecule has 0 spiro atoms. The highest BCUT2D eigenvalue weighted by Gasteiger charge is 2.46. The second-order valence-electron chi connectivity index (χ2n) is 7.04. The Kier molecular flexibility index (Phi) is 2.86. The molecule has 2 aromatic carbocycles. The molecule has 4 rings (SSSR count). The number of fused-ring (bicyclic) bond motifs is 2. The molecule has 120 valence electrons. The lowest BCUT2D eigenvalue weighted by Crippen LogP contribution is -2.27. The van der Waals surface area contributed by atoms with Crippen LogP contribution in [0.4, 0.5) is 5.69 Å². The lowest BCUT2D eigenvalue weighted by molar-refractivity contribution is -0.444.